The summed E-state index contributed by atoms with van der Waals surface area (Å²) in [7, 11) is 0. The number of unbranched alkanes of at least 4 members (excludes halogenated alkanes) is 11. The van der Waals surface area contributed by atoms with Crippen molar-refractivity contribution in [1.29, 1.82) is 0 Å². The van der Waals surface area contributed by atoms with E-state index in [1.165, 1.54) is 81.9 Å². The van der Waals surface area contributed by atoms with E-state index in [1.807, 2.05) is 54.2 Å². The Labute approximate surface area is 240 Å². The van der Waals surface area contributed by atoms with Crippen molar-refractivity contribution in [2.24, 2.45) is 0 Å². The summed E-state index contributed by atoms with van der Waals surface area (Å²) in [6, 6.07) is 15.6. The number of benzene rings is 2. The average Bonchev–Trinajstić information content (AvgIpc) is 3.34. The zero-order chi connectivity index (χ0) is 27.5. The molecule has 39 heavy (non-hydrogen) atoms. The highest BCUT2D eigenvalue weighted by Crippen LogP contribution is 2.25. The van der Waals surface area contributed by atoms with Gasteiger partial charge in [-0.2, -0.15) is 0 Å². The van der Waals surface area contributed by atoms with E-state index >= 15 is 0 Å². The Morgan fingerprint density at radius 1 is 0.846 bits per heavy atom. The quantitative estimate of drug-likeness (QED) is 0.166. The highest BCUT2D eigenvalue weighted by Gasteiger charge is 2.12. The maximum atomic E-state index is 12.5. The van der Waals surface area contributed by atoms with Crippen molar-refractivity contribution in [1.82, 2.24) is 4.90 Å². The molecular weight excluding hydrogens is 504 g/mol. The van der Waals surface area contributed by atoms with Crippen LogP contribution >= 0.6 is 11.8 Å². The molecule has 1 aliphatic heterocycles. The molecular formula is C33H48N2O3S. The fourth-order valence-electron chi connectivity index (χ4n) is 4.70. The smallest absolute Gasteiger partial charge is 0.262 e. The van der Waals surface area contributed by atoms with Crippen LogP contribution in [0.4, 0.5) is 5.69 Å². The monoisotopic (exact) mass is 552 g/mol. The zero-order valence-corrected chi connectivity index (χ0v) is 24.9. The number of allylic oxidation sites excluding steroid dienone is 1. The first-order valence-corrected chi connectivity index (χ1v) is 16.0. The molecule has 0 bridgehead atoms. The van der Waals surface area contributed by atoms with Crippen molar-refractivity contribution >= 4 is 23.4 Å². The minimum Gasteiger partial charge on any atom is -0.493 e. The second-order valence-electron chi connectivity index (χ2n) is 10.5. The minimum absolute atomic E-state index is 0.0446. The number of rotatable bonds is 20. The van der Waals surface area contributed by atoms with Gasteiger partial charge >= 0.3 is 0 Å². The number of ether oxygens (including phenoxy) is 2. The van der Waals surface area contributed by atoms with Gasteiger partial charge < -0.3 is 19.7 Å². The lowest BCUT2D eigenvalue weighted by atomic mass is 10.1. The standard InChI is InChI=1S/C33H48N2O3S/c1-3-4-5-6-7-8-9-10-11-12-13-14-21-37-31-19-16-20-32(23-31)38-25-33(36)34-30-18-15-17-29(22-30)24-35-27-39-26-28(35)2/h15-20,22-23,26H,3-14,21,24-25,27H2,1-2H3,(H,34,36). The van der Waals surface area contributed by atoms with E-state index in [4.69, 9.17) is 9.47 Å². The number of thioether (sulfide) groups is 1. The summed E-state index contributed by atoms with van der Waals surface area (Å²) in [6.07, 6.45) is 16.0. The number of carbonyl (C=O) groups is 1. The van der Waals surface area contributed by atoms with Gasteiger partial charge in [0, 0.05) is 24.0 Å². The summed E-state index contributed by atoms with van der Waals surface area (Å²) in [5.74, 6) is 2.22. The van der Waals surface area contributed by atoms with Crippen molar-refractivity contribution in [2.75, 3.05) is 24.4 Å². The fraction of sp³-hybridized carbons (Fsp3) is 0.545. The van der Waals surface area contributed by atoms with Gasteiger partial charge in [0.05, 0.1) is 12.5 Å². The first kappa shape index (κ1) is 30.9. The predicted octanol–water partition coefficient (Wildman–Crippen LogP) is 9.15. The van der Waals surface area contributed by atoms with Crippen LogP contribution in [0, 0.1) is 0 Å². The second-order valence-corrected chi connectivity index (χ2v) is 11.3. The Morgan fingerprint density at radius 2 is 1.49 bits per heavy atom. The first-order valence-electron chi connectivity index (χ1n) is 14.9. The molecule has 0 fully saturated rings. The van der Waals surface area contributed by atoms with Crippen molar-refractivity contribution in [2.45, 2.75) is 97.4 Å². The van der Waals surface area contributed by atoms with Crippen LogP contribution in [-0.2, 0) is 11.3 Å². The van der Waals surface area contributed by atoms with Gasteiger partial charge in [-0.15, -0.1) is 11.8 Å². The number of amides is 1. The van der Waals surface area contributed by atoms with Crippen molar-refractivity contribution in [3.8, 4) is 11.5 Å². The van der Waals surface area contributed by atoms with Gasteiger partial charge in [-0.25, -0.2) is 0 Å². The minimum atomic E-state index is -0.178. The SMILES string of the molecule is CCCCCCCCCCCCCCOc1cccc(OCC(=O)Nc2cccc(CN3CSC=C3C)c2)c1. The van der Waals surface area contributed by atoms with E-state index in [0.29, 0.717) is 12.4 Å². The molecule has 0 aromatic heterocycles. The Morgan fingerprint density at radius 3 is 2.15 bits per heavy atom. The molecule has 3 rings (SSSR count). The van der Waals surface area contributed by atoms with Crippen molar-refractivity contribution < 1.29 is 14.3 Å². The van der Waals surface area contributed by atoms with E-state index in [-0.39, 0.29) is 12.5 Å². The fourth-order valence-corrected chi connectivity index (χ4v) is 5.63. The summed E-state index contributed by atoms with van der Waals surface area (Å²) in [6.45, 7) is 5.90. The Kier molecular flexibility index (Phi) is 14.8. The van der Waals surface area contributed by atoms with Crippen LogP contribution in [0.15, 0.2) is 59.6 Å². The summed E-state index contributed by atoms with van der Waals surface area (Å²) in [5, 5.41) is 5.13. The lowest BCUT2D eigenvalue weighted by Gasteiger charge is -2.19. The summed E-state index contributed by atoms with van der Waals surface area (Å²) in [4.78, 5) is 14.8. The predicted molar refractivity (Wildman–Crippen MR) is 165 cm³/mol. The van der Waals surface area contributed by atoms with Crippen LogP contribution in [0.1, 0.15) is 96.5 Å². The molecule has 1 N–H and O–H groups in total. The number of nitrogens with zero attached hydrogens (tertiary/aromatic N) is 1. The third kappa shape index (κ3) is 12.9. The van der Waals surface area contributed by atoms with Crippen LogP contribution in [0.5, 0.6) is 11.5 Å². The number of hydrogen-bond acceptors (Lipinski definition) is 5. The molecule has 2 aromatic carbocycles. The van der Waals surface area contributed by atoms with Crippen molar-refractivity contribution in [3.63, 3.8) is 0 Å². The van der Waals surface area contributed by atoms with E-state index in [2.05, 4.69) is 35.5 Å². The van der Waals surface area contributed by atoms with Crippen LogP contribution in [0.25, 0.3) is 0 Å². The second kappa shape index (κ2) is 18.6. The van der Waals surface area contributed by atoms with Gasteiger partial charge in [0.25, 0.3) is 5.91 Å². The third-order valence-electron chi connectivity index (χ3n) is 7.01. The highest BCUT2D eigenvalue weighted by atomic mass is 32.2. The number of hydrogen-bond donors (Lipinski definition) is 1. The molecule has 214 valence electrons. The summed E-state index contributed by atoms with van der Waals surface area (Å²) >= 11 is 1.81. The van der Waals surface area contributed by atoms with Crippen LogP contribution in [0.2, 0.25) is 0 Å². The molecule has 1 heterocycles. The molecule has 0 saturated heterocycles. The maximum absolute atomic E-state index is 12.5. The van der Waals surface area contributed by atoms with Gasteiger partial charge in [0.1, 0.15) is 11.5 Å². The van der Waals surface area contributed by atoms with Gasteiger partial charge in [0.2, 0.25) is 0 Å². The lowest BCUT2D eigenvalue weighted by molar-refractivity contribution is -0.118. The maximum Gasteiger partial charge on any atom is 0.262 e. The molecule has 0 spiro atoms. The number of nitrogens with one attached hydrogen (secondary N) is 1. The Hall–Kier alpha value is -2.60. The Bertz CT molecular complexity index is 1010. The van der Waals surface area contributed by atoms with E-state index < -0.39 is 0 Å². The normalized spacial score (nSPS) is 12.9. The van der Waals surface area contributed by atoms with Crippen LogP contribution in [0.3, 0.4) is 0 Å². The topological polar surface area (TPSA) is 50.8 Å². The van der Waals surface area contributed by atoms with Crippen LogP contribution < -0.4 is 14.8 Å². The lowest BCUT2D eigenvalue weighted by Crippen LogP contribution is -2.20. The molecule has 0 unspecified atom stereocenters. The van der Waals surface area contributed by atoms with Gasteiger partial charge in [-0.3, -0.25) is 4.79 Å². The molecule has 1 amide bonds. The number of anilines is 1. The molecule has 0 aliphatic carbocycles. The van der Waals surface area contributed by atoms with Crippen LogP contribution in [-0.4, -0.2) is 29.9 Å². The molecule has 1 aliphatic rings. The largest absolute Gasteiger partial charge is 0.493 e. The first-order chi connectivity index (χ1) is 19.1. The highest BCUT2D eigenvalue weighted by molar-refractivity contribution is 8.02. The molecule has 5 nitrogen and oxygen atoms in total. The molecule has 0 atom stereocenters. The summed E-state index contributed by atoms with van der Waals surface area (Å²) < 4.78 is 11.7. The van der Waals surface area contributed by atoms with Crippen molar-refractivity contribution in [3.05, 3.63) is 65.2 Å². The Balaban J connectivity index is 1.26. The summed E-state index contributed by atoms with van der Waals surface area (Å²) in [5.41, 5.74) is 3.24. The van der Waals surface area contributed by atoms with Gasteiger partial charge in [0.15, 0.2) is 6.61 Å². The molecule has 0 radical (unpaired) electrons. The zero-order valence-electron chi connectivity index (χ0n) is 24.1. The van der Waals surface area contributed by atoms with E-state index in [9.17, 15) is 4.79 Å². The average molecular weight is 553 g/mol. The molecule has 0 saturated carbocycles. The van der Waals surface area contributed by atoms with Gasteiger partial charge in [-0.05, 0) is 48.6 Å². The third-order valence-corrected chi connectivity index (χ3v) is 7.98. The molecule has 6 heteroatoms. The van der Waals surface area contributed by atoms with E-state index in [1.54, 1.807) is 0 Å². The number of carbonyl (C=O) groups excluding carboxylic acids is 1. The van der Waals surface area contributed by atoms with Gasteiger partial charge in [-0.1, -0.05) is 95.8 Å². The van der Waals surface area contributed by atoms with E-state index in [0.717, 1.165) is 30.3 Å². The molecule has 2 aromatic rings.